The number of nitrogen functional groups attached to an aromatic ring is 1. The zero-order valence-corrected chi connectivity index (χ0v) is 11.9. The van der Waals surface area contributed by atoms with Crippen molar-refractivity contribution in [2.75, 3.05) is 30.3 Å². The average molecular weight is 271 g/mol. The summed E-state index contributed by atoms with van der Waals surface area (Å²) in [6.45, 7) is 7.70. The molecular formula is C12H21N3O2S. The lowest BCUT2D eigenvalue weighted by Crippen LogP contribution is -2.25. The van der Waals surface area contributed by atoms with Crippen LogP contribution in [-0.2, 0) is 10.0 Å². The minimum absolute atomic E-state index is 0.250. The third-order valence-corrected chi connectivity index (χ3v) is 4.29. The summed E-state index contributed by atoms with van der Waals surface area (Å²) in [4.78, 5) is 2.28. The molecule has 0 saturated carbocycles. The summed E-state index contributed by atoms with van der Waals surface area (Å²) in [5.74, 6) is 0. The molecule has 0 atom stereocenters. The zero-order valence-electron chi connectivity index (χ0n) is 11.1. The second-order valence-electron chi connectivity index (χ2n) is 3.89. The molecule has 0 radical (unpaired) electrons. The molecule has 0 aliphatic carbocycles. The highest BCUT2D eigenvalue weighted by molar-refractivity contribution is 7.89. The molecule has 0 fully saturated rings. The summed E-state index contributed by atoms with van der Waals surface area (Å²) in [6.07, 6.45) is 0. The van der Waals surface area contributed by atoms with Crippen LogP contribution < -0.4 is 15.4 Å². The molecule has 0 amide bonds. The summed E-state index contributed by atoms with van der Waals surface area (Å²) in [7, 11) is -3.43. The molecule has 18 heavy (non-hydrogen) atoms. The van der Waals surface area contributed by atoms with Crippen LogP contribution in [0.3, 0.4) is 0 Å². The second-order valence-corrected chi connectivity index (χ2v) is 5.66. The number of benzene rings is 1. The fourth-order valence-electron chi connectivity index (χ4n) is 1.80. The smallest absolute Gasteiger partial charge is 0.240 e. The van der Waals surface area contributed by atoms with Gasteiger partial charge in [-0.1, -0.05) is 6.92 Å². The van der Waals surface area contributed by atoms with Gasteiger partial charge in [-0.2, -0.15) is 0 Å². The Bertz CT molecular complexity index is 496. The van der Waals surface area contributed by atoms with Gasteiger partial charge in [0.1, 0.15) is 0 Å². The van der Waals surface area contributed by atoms with E-state index in [0.717, 1.165) is 18.8 Å². The van der Waals surface area contributed by atoms with E-state index < -0.39 is 10.0 Å². The first-order valence-electron chi connectivity index (χ1n) is 6.10. The Balaban J connectivity index is 3.23. The number of nitrogens with one attached hydrogen (secondary N) is 1. The first-order valence-corrected chi connectivity index (χ1v) is 7.58. The Morgan fingerprint density at radius 3 is 2.33 bits per heavy atom. The van der Waals surface area contributed by atoms with Crippen molar-refractivity contribution < 1.29 is 8.42 Å². The van der Waals surface area contributed by atoms with Gasteiger partial charge in [-0.05, 0) is 32.0 Å². The molecule has 102 valence electrons. The predicted molar refractivity (Wildman–Crippen MR) is 75.3 cm³/mol. The quantitative estimate of drug-likeness (QED) is 0.767. The van der Waals surface area contributed by atoms with E-state index in [9.17, 15) is 8.42 Å². The summed E-state index contributed by atoms with van der Waals surface area (Å²) in [5, 5.41) is 0. The van der Waals surface area contributed by atoms with Crippen molar-refractivity contribution in [3.8, 4) is 0 Å². The van der Waals surface area contributed by atoms with E-state index in [-0.39, 0.29) is 4.90 Å². The van der Waals surface area contributed by atoms with Crippen molar-refractivity contribution in [2.45, 2.75) is 25.7 Å². The Morgan fingerprint density at radius 2 is 1.83 bits per heavy atom. The minimum atomic E-state index is -3.43. The van der Waals surface area contributed by atoms with Crippen molar-refractivity contribution >= 4 is 21.4 Å². The van der Waals surface area contributed by atoms with Gasteiger partial charge >= 0.3 is 0 Å². The fourth-order valence-corrected chi connectivity index (χ4v) is 2.86. The van der Waals surface area contributed by atoms with E-state index in [1.807, 2.05) is 18.7 Å². The molecule has 6 heteroatoms. The molecule has 3 N–H and O–H groups in total. The van der Waals surface area contributed by atoms with Crippen LogP contribution in [0.1, 0.15) is 20.8 Å². The number of nitrogens with zero attached hydrogens (tertiary/aromatic N) is 1. The third-order valence-electron chi connectivity index (χ3n) is 2.75. The van der Waals surface area contributed by atoms with Crippen molar-refractivity contribution in [1.29, 1.82) is 0 Å². The van der Waals surface area contributed by atoms with Crippen LogP contribution in [0, 0.1) is 0 Å². The van der Waals surface area contributed by atoms with E-state index >= 15 is 0 Å². The molecule has 5 nitrogen and oxygen atoms in total. The molecule has 1 aromatic rings. The second kappa shape index (κ2) is 6.06. The molecule has 0 spiro atoms. The van der Waals surface area contributed by atoms with Gasteiger partial charge in [-0.25, -0.2) is 13.1 Å². The Morgan fingerprint density at radius 1 is 1.22 bits per heavy atom. The van der Waals surface area contributed by atoms with Crippen LogP contribution in [0.5, 0.6) is 0 Å². The number of hydrogen-bond acceptors (Lipinski definition) is 4. The summed E-state index contributed by atoms with van der Waals surface area (Å²) >= 11 is 0. The lowest BCUT2D eigenvalue weighted by molar-refractivity contribution is 0.584. The van der Waals surface area contributed by atoms with Crippen LogP contribution in [0.15, 0.2) is 23.1 Å². The highest BCUT2D eigenvalue weighted by Crippen LogP contribution is 2.26. The molecule has 0 unspecified atom stereocenters. The Kier molecular flexibility index (Phi) is 4.98. The number of hydrogen-bond donors (Lipinski definition) is 2. The number of rotatable bonds is 6. The summed E-state index contributed by atoms with van der Waals surface area (Å²) < 4.78 is 26.3. The standard InChI is InChI=1S/C12H21N3O2S/c1-4-14-18(16,17)10-7-8-11(13)12(9-10)15(5-2)6-3/h7-9,14H,4-6,13H2,1-3H3. The van der Waals surface area contributed by atoms with Crippen LogP contribution in [0.25, 0.3) is 0 Å². The average Bonchev–Trinajstić information content (AvgIpc) is 2.32. The van der Waals surface area contributed by atoms with Crippen molar-refractivity contribution in [3.05, 3.63) is 18.2 Å². The molecule has 0 heterocycles. The van der Waals surface area contributed by atoms with E-state index in [0.29, 0.717) is 12.2 Å². The van der Waals surface area contributed by atoms with Gasteiger partial charge in [0.15, 0.2) is 0 Å². The zero-order chi connectivity index (χ0) is 13.8. The van der Waals surface area contributed by atoms with Crippen molar-refractivity contribution in [1.82, 2.24) is 4.72 Å². The van der Waals surface area contributed by atoms with Gasteiger partial charge in [-0.3, -0.25) is 0 Å². The van der Waals surface area contributed by atoms with Gasteiger partial charge < -0.3 is 10.6 Å². The van der Waals surface area contributed by atoms with Crippen molar-refractivity contribution in [3.63, 3.8) is 0 Å². The van der Waals surface area contributed by atoms with Crippen LogP contribution >= 0.6 is 0 Å². The topological polar surface area (TPSA) is 75.4 Å². The van der Waals surface area contributed by atoms with Crippen LogP contribution in [0.2, 0.25) is 0 Å². The first kappa shape index (κ1) is 14.8. The van der Waals surface area contributed by atoms with E-state index in [1.165, 1.54) is 6.07 Å². The summed E-state index contributed by atoms with van der Waals surface area (Å²) in [6, 6.07) is 4.79. The molecule has 0 saturated heterocycles. The predicted octanol–water partition coefficient (Wildman–Crippen LogP) is 1.41. The molecule has 1 aromatic carbocycles. The van der Waals surface area contributed by atoms with Gasteiger partial charge in [0.25, 0.3) is 0 Å². The molecular weight excluding hydrogens is 250 g/mol. The lowest BCUT2D eigenvalue weighted by atomic mass is 10.2. The van der Waals surface area contributed by atoms with Gasteiger partial charge in [0, 0.05) is 19.6 Å². The third kappa shape index (κ3) is 3.14. The highest BCUT2D eigenvalue weighted by atomic mass is 32.2. The monoisotopic (exact) mass is 271 g/mol. The fraction of sp³-hybridized carbons (Fsp3) is 0.500. The maximum atomic E-state index is 11.9. The molecule has 0 aliphatic rings. The summed E-state index contributed by atoms with van der Waals surface area (Å²) in [5.41, 5.74) is 7.26. The SMILES string of the molecule is CCNS(=O)(=O)c1ccc(N)c(N(CC)CC)c1. The molecule has 0 aromatic heterocycles. The Hall–Kier alpha value is -1.27. The number of anilines is 2. The first-order chi connectivity index (χ1) is 8.46. The largest absolute Gasteiger partial charge is 0.397 e. The maximum Gasteiger partial charge on any atom is 0.240 e. The molecule has 1 rings (SSSR count). The number of sulfonamides is 1. The van der Waals surface area contributed by atoms with Crippen LogP contribution in [0.4, 0.5) is 11.4 Å². The van der Waals surface area contributed by atoms with Gasteiger partial charge in [-0.15, -0.1) is 0 Å². The van der Waals surface area contributed by atoms with Gasteiger partial charge in [0.2, 0.25) is 10.0 Å². The highest BCUT2D eigenvalue weighted by Gasteiger charge is 2.16. The molecule has 0 aliphatic heterocycles. The van der Waals surface area contributed by atoms with E-state index in [2.05, 4.69) is 4.72 Å². The van der Waals surface area contributed by atoms with Gasteiger partial charge in [0.05, 0.1) is 16.3 Å². The molecule has 0 bridgehead atoms. The van der Waals surface area contributed by atoms with E-state index in [4.69, 9.17) is 5.73 Å². The van der Waals surface area contributed by atoms with E-state index in [1.54, 1.807) is 19.1 Å². The Labute approximate surface area is 109 Å². The lowest BCUT2D eigenvalue weighted by Gasteiger charge is -2.23. The maximum absolute atomic E-state index is 11.9. The van der Waals surface area contributed by atoms with Crippen LogP contribution in [-0.4, -0.2) is 28.1 Å². The minimum Gasteiger partial charge on any atom is -0.397 e. The number of nitrogens with two attached hydrogens (primary N) is 1. The normalized spacial score (nSPS) is 11.5. The van der Waals surface area contributed by atoms with Crippen molar-refractivity contribution in [2.24, 2.45) is 0 Å².